The summed E-state index contributed by atoms with van der Waals surface area (Å²) in [5, 5.41) is 12.1. The first-order valence-electron chi connectivity index (χ1n) is 6.86. The molecule has 4 nitrogen and oxygen atoms in total. The maximum Gasteiger partial charge on any atom is 0.416 e. The average Bonchev–Trinajstić information content (AvgIpc) is 2.45. The van der Waals surface area contributed by atoms with Crippen LogP contribution >= 0.6 is 0 Å². The largest absolute Gasteiger partial charge is 0.508 e. The molecule has 0 atom stereocenters. The number of rotatable bonds is 4. The summed E-state index contributed by atoms with van der Waals surface area (Å²) in [4.78, 5) is 8.38. The monoisotopic (exact) mass is 311 g/mol. The summed E-state index contributed by atoms with van der Waals surface area (Å²) in [6, 6.07) is 2.77. The molecule has 0 aliphatic heterocycles. The van der Waals surface area contributed by atoms with Gasteiger partial charge in [0.1, 0.15) is 5.75 Å². The van der Waals surface area contributed by atoms with Gasteiger partial charge in [0.15, 0.2) is 0 Å². The number of benzene rings is 1. The third-order valence-corrected chi connectivity index (χ3v) is 3.17. The van der Waals surface area contributed by atoms with Crippen LogP contribution in [0.5, 0.6) is 5.75 Å². The van der Waals surface area contributed by atoms with Gasteiger partial charge in [0.05, 0.1) is 5.56 Å². The molecule has 1 aromatic carbocycles. The predicted molar refractivity (Wildman–Crippen MR) is 77.2 cm³/mol. The highest BCUT2D eigenvalue weighted by Gasteiger charge is 2.31. The van der Waals surface area contributed by atoms with Crippen LogP contribution in [0.1, 0.15) is 30.7 Å². The van der Waals surface area contributed by atoms with E-state index in [-0.39, 0.29) is 11.6 Å². The highest BCUT2D eigenvalue weighted by Crippen LogP contribution is 2.34. The van der Waals surface area contributed by atoms with E-state index in [2.05, 4.69) is 15.3 Å². The van der Waals surface area contributed by atoms with Gasteiger partial charge in [-0.3, -0.25) is 0 Å². The molecule has 118 valence electrons. The third kappa shape index (κ3) is 3.66. The molecule has 0 spiro atoms. The van der Waals surface area contributed by atoms with E-state index < -0.39 is 17.5 Å². The first-order chi connectivity index (χ1) is 10.3. The number of alkyl halides is 3. The Labute approximate surface area is 126 Å². The zero-order valence-corrected chi connectivity index (χ0v) is 12.2. The molecule has 1 aromatic heterocycles. The molecule has 1 heterocycles. The molecule has 2 N–H and O–H groups in total. The number of hydrogen-bond donors (Lipinski definition) is 2. The lowest BCUT2D eigenvalue weighted by Gasteiger charge is -2.12. The van der Waals surface area contributed by atoms with E-state index in [0.717, 1.165) is 23.7 Å². The minimum Gasteiger partial charge on any atom is -0.508 e. The van der Waals surface area contributed by atoms with Gasteiger partial charge >= 0.3 is 6.18 Å². The Morgan fingerprint density at radius 1 is 1.14 bits per heavy atom. The number of anilines is 2. The lowest BCUT2D eigenvalue weighted by atomic mass is 10.1. The summed E-state index contributed by atoms with van der Waals surface area (Å²) in [5.41, 5.74) is 0.991. The minimum atomic E-state index is -4.53. The Hall–Kier alpha value is -2.31. The highest BCUT2D eigenvalue weighted by molar-refractivity contribution is 5.58. The summed E-state index contributed by atoms with van der Waals surface area (Å²) >= 11 is 0. The maximum absolute atomic E-state index is 12.7. The topological polar surface area (TPSA) is 58.0 Å². The Kier molecular flexibility index (Phi) is 4.54. The molecule has 2 rings (SSSR count). The Bertz CT molecular complexity index is 672. The van der Waals surface area contributed by atoms with Gasteiger partial charge in [-0.15, -0.1) is 0 Å². The second kappa shape index (κ2) is 6.21. The van der Waals surface area contributed by atoms with Crippen molar-refractivity contribution in [2.45, 2.75) is 32.9 Å². The van der Waals surface area contributed by atoms with Crippen molar-refractivity contribution in [2.24, 2.45) is 0 Å². The quantitative estimate of drug-likeness (QED) is 0.893. The second-order valence-electron chi connectivity index (χ2n) is 4.76. The fourth-order valence-corrected chi connectivity index (χ4v) is 2.08. The van der Waals surface area contributed by atoms with E-state index in [1.54, 1.807) is 6.20 Å². The summed E-state index contributed by atoms with van der Waals surface area (Å²) in [7, 11) is 0. The first-order valence-corrected chi connectivity index (χ1v) is 6.86. The number of nitrogens with zero attached hydrogens (tertiary/aromatic N) is 2. The van der Waals surface area contributed by atoms with Crippen molar-refractivity contribution in [2.75, 3.05) is 5.32 Å². The van der Waals surface area contributed by atoms with Crippen LogP contribution in [0, 0.1) is 0 Å². The van der Waals surface area contributed by atoms with E-state index in [0.29, 0.717) is 12.5 Å². The van der Waals surface area contributed by atoms with Gasteiger partial charge in [-0.1, -0.05) is 13.8 Å². The van der Waals surface area contributed by atoms with Crippen molar-refractivity contribution in [1.82, 2.24) is 9.97 Å². The standard InChI is InChI=1S/C15H16F3N3O/c1-3-9-8-19-14(21-13(9)4-2)20-11-5-10(15(16,17)18)6-12(22)7-11/h5-8,22H,3-4H2,1-2H3,(H,19,20,21). The van der Waals surface area contributed by atoms with Crippen LogP contribution in [0.2, 0.25) is 0 Å². The van der Waals surface area contributed by atoms with E-state index in [1.807, 2.05) is 13.8 Å². The molecule has 0 saturated carbocycles. The molecule has 0 aliphatic rings. The lowest BCUT2D eigenvalue weighted by Crippen LogP contribution is -2.07. The number of aromatic nitrogens is 2. The number of phenolic OH excluding ortho intramolecular Hbond substituents is 1. The van der Waals surface area contributed by atoms with E-state index in [9.17, 15) is 18.3 Å². The van der Waals surface area contributed by atoms with Crippen molar-refractivity contribution in [3.05, 3.63) is 41.2 Å². The number of nitrogens with one attached hydrogen (secondary N) is 1. The van der Waals surface area contributed by atoms with Crippen LogP contribution in [-0.4, -0.2) is 15.1 Å². The molecule has 0 aliphatic carbocycles. The molecular weight excluding hydrogens is 295 g/mol. The Balaban J connectivity index is 2.33. The van der Waals surface area contributed by atoms with Crippen molar-refractivity contribution in [3.8, 4) is 5.75 Å². The van der Waals surface area contributed by atoms with Crippen LogP contribution in [0.3, 0.4) is 0 Å². The molecule has 0 bridgehead atoms. The van der Waals surface area contributed by atoms with E-state index in [1.165, 1.54) is 6.07 Å². The number of phenols is 1. The van der Waals surface area contributed by atoms with Crippen molar-refractivity contribution >= 4 is 11.6 Å². The molecule has 0 saturated heterocycles. The molecule has 0 amide bonds. The molecule has 22 heavy (non-hydrogen) atoms. The molecule has 0 unspecified atom stereocenters. The first kappa shape index (κ1) is 16.1. The summed E-state index contributed by atoms with van der Waals surface area (Å²) in [6.45, 7) is 3.93. The molecule has 2 aromatic rings. The number of halogens is 3. The molecule has 0 fully saturated rings. The number of aromatic hydroxyl groups is 1. The van der Waals surface area contributed by atoms with Gasteiger partial charge in [-0.2, -0.15) is 13.2 Å². The fraction of sp³-hybridized carbons (Fsp3) is 0.333. The molecule has 7 heteroatoms. The van der Waals surface area contributed by atoms with E-state index in [4.69, 9.17) is 0 Å². The second-order valence-corrected chi connectivity index (χ2v) is 4.76. The zero-order valence-electron chi connectivity index (χ0n) is 12.2. The van der Waals surface area contributed by atoms with Crippen LogP contribution in [0.4, 0.5) is 24.8 Å². The predicted octanol–water partition coefficient (Wildman–Crippen LogP) is 4.07. The Morgan fingerprint density at radius 2 is 1.86 bits per heavy atom. The smallest absolute Gasteiger partial charge is 0.416 e. The third-order valence-electron chi connectivity index (χ3n) is 3.17. The summed E-state index contributed by atoms with van der Waals surface area (Å²) < 4.78 is 38.2. The Morgan fingerprint density at radius 3 is 2.45 bits per heavy atom. The summed E-state index contributed by atoms with van der Waals surface area (Å²) in [6.07, 6.45) is -1.39. The average molecular weight is 311 g/mol. The summed E-state index contributed by atoms with van der Waals surface area (Å²) in [5.74, 6) is -0.272. The van der Waals surface area contributed by atoms with Gasteiger partial charge < -0.3 is 10.4 Å². The van der Waals surface area contributed by atoms with Gasteiger partial charge in [-0.25, -0.2) is 9.97 Å². The van der Waals surface area contributed by atoms with Gasteiger partial charge in [0, 0.05) is 23.6 Å². The van der Waals surface area contributed by atoms with Crippen LogP contribution in [0.25, 0.3) is 0 Å². The normalized spacial score (nSPS) is 11.5. The fourth-order valence-electron chi connectivity index (χ4n) is 2.08. The van der Waals surface area contributed by atoms with Crippen molar-refractivity contribution in [1.29, 1.82) is 0 Å². The van der Waals surface area contributed by atoms with E-state index >= 15 is 0 Å². The van der Waals surface area contributed by atoms with Gasteiger partial charge in [0.2, 0.25) is 5.95 Å². The molecule has 0 radical (unpaired) electrons. The van der Waals surface area contributed by atoms with Crippen molar-refractivity contribution in [3.63, 3.8) is 0 Å². The lowest BCUT2D eigenvalue weighted by molar-refractivity contribution is -0.137. The maximum atomic E-state index is 12.7. The SMILES string of the molecule is CCc1cnc(Nc2cc(O)cc(C(F)(F)F)c2)nc1CC. The number of aryl methyl sites for hydroxylation is 2. The van der Waals surface area contributed by atoms with Crippen LogP contribution in [0.15, 0.2) is 24.4 Å². The van der Waals surface area contributed by atoms with Gasteiger partial charge in [-0.05, 0) is 30.5 Å². The molecular formula is C15H16F3N3O. The zero-order chi connectivity index (χ0) is 16.3. The number of hydrogen-bond acceptors (Lipinski definition) is 4. The highest BCUT2D eigenvalue weighted by atomic mass is 19.4. The van der Waals surface area contributed by atoms with Crippen LogP contribution < -0.4 is 5.32 Å². The van der Waals surface area contributed by atoms with Crippen LogP contribution in [-0.2, 0) is 19.0 Å². The van der Waals surface area contributed by atoms with Crippen molar-refractivity contribution < 1.29 is 18.3 Å². The van der Waals surface area contributed by atoms with Gasteiger partial charge in [0.25, 0.3) is 0 Å². The minimum absolute atomic E-state index is 0.0821.